The maximum Gasteiger partial charge on any atom is 0.254 e. The maximum absolute atomic E-state index is 12.0. The highest BCUT2D eigenvalue weighted by Crippen LogP contribution is 2.21. The van der Waals surface area contributed by atoms with Crippen molar-refractivity contribution in [2.75, 3.05) is 0 Å². The number of benzene rings is 1. The minimum atomic E-state index is -0.189. The first kappa shape index (κ1) is 13.0. The fourth-order valence-electron chi connectivity index (χ4n) is 1.85. The van der Waals surface area contributed by atoms with Gasteiger partial charge in [-0.25, -0.2) is 4.98 Å². The molecule has 0 unspecified atom stereocenters. The van der Waals surface area contributed by atoms with Crippen LogP contribution in [0.15, 0.2) is 42.6 Å². The van der Waals surface area contributed by atoms with Crippen molar-refractivity contribution in [3.63, 3.8) is 0 Å². The fourth-order valence-corrected chi connectivity index (χ4v) is 2.98. The number of nitrogens with one attached hydrogen (secondary N) is 2. The second kappa shape index (κ2) is 5.52. The average Bonchev–Trinajstić information content (AvgIpc) is 2.88. The van der Waals surface area contributed by atoms with E-state index in [4.69, 9.17) is 12.2 Å². The molecule has 6 heteroatoms. The number of thiazole rings is 1. The number of fused-ring (bicyclic) bond motifs is 1. The minimum Gasteiger partial charge on any atom is -0.352 e. The molecule has 0 bridgehead atoms. The molecule has 2 heterocycles. The van der Waals surface area contributed by atoms with Crippen LogP contribution in [0.5, 0.6) is 0 Å². The van der Waals surface area contributed by atoms with E-state index in [-0.39, 0.29) is 5.91 Å². The second-order valence-corrected chi connectivity index (χ2v) is 5.69. The summed E-state index contributed by atoms with van der Waals surface area (Å²) in [4.78, 5) is 19.3. The van der Waals surface area contributed by atoms with Gasteiger partial charge in [0.1, 0.15) is 9.65 Å². The van der Waals surface area contributed by atoms with Gasteiger partial charge in [0.25, 0.3) is 5.91 Å². The van der Waals surface area contributed by atoms with Crippen LogP contribution in [0.2, 0.25) is 0 Å². The Labute approximate surface area is 124 Å². The van der Waals surface area contributed by atoms with E-state index in [1.807, 2.05) is 24.3 Å². The third-order valence-corrected chi connectivity index (χ3v) is 4.18. The smallest absolute Gasteiger partial charge is 0.254 e. The van der Waals surface area contributed by atoms with E-state index in [0.29, 0.717) is 16.7 Å². The van der Waals surface area contributed by atoms with Crippen LogP contribution in [-0.4, -0.2) is 15.9 Å². The average molecular weight is 301 g/mol. The zero-order valence-electron chi connectivity index (χ0n) is 10.4. The van der Waals surface area contributed by atoms with Gasteiger partial charge in [-0.05, 0) is 24.3 Å². The predicted octanol–water partition coefficient (Wildman–Crippen LogP) is 3.28. The number of pyridine rings is 1. The van der Waals surface area contributed by atoms with Gasteiger partial charge >= 0.3 is 0 Å². The normalized spacial score (nSPS) is 10.6. The lowest BCUT2D eigenvalue weighted by Gasteiger charge is -2.02. The standard InChI is InChI=1S/C14H11N3OS2/c18-13(9-4-3-7-15-14(9)19)16-8-12-17-10-5-1-2-6-11(10)20-12/h1-7H,8H2,(H,15,19)(H,16,18). The summed E-state index contributed by atoms with van der Waals surface area (Å²) in [6, 6.07) is 11.4. The molecule has 3 rings (SSSR count). The van der Waals surface area contributed by atoms with Crippen LogP contribution in [-0.2, 0) is 6.54 Å². The zero-order chi connectivity index (χ0) is 13.9. The molecule has 0 fully saturated rings. The number of para-hydroxylation sites is 1. The summed E-state index contributed by atoms with van der Waals surface area (Å²) in [5, 5.41) is 3.72. The molecule has 0 aliphatic heterocycles. The van der Waals surface area contributed by atoms with Gasteiger partial charge in [0, 0.05) is 6.20 Å². The Morgan fingerprint density at radius 3 is 2.95 bits per heavy atom. The van der Waals surface area contributed by atoms with Crippen molar-refractivity contribution in [2.24, 2.45) is 0 Å². The Morgan fingerprint density at radius 1 is 1.30 bits per heavy atom. The van der Waals surface area contributed by atoms with E-state index in [0.717, 1.165) is 15.2 Å². The van der Waals surface area contributed by atoms with Crippen LogP contribution in [0, 0.1) is 4.64 Å². The first-order valence-electron chi connectivity index (χ1n) is 6.04. The molecule has 0 saturated carbocycles. The predicted molar refractivity (Wildman–Crippen MR) is 82.4 cm³/mol. The summed E-state index contributed by atoms with van der Waals surface area (Å²) in [6.45, 7) is 0.405. The van der Waals surface area contributed by atoms with Gasteiger partial charge in [-0.1, -0.05) is 24.4 Å². The van der Waals surface area contributed by atoms with Crippen LogP contribution < -0.4 is 5.32 Å². The molecule has 1 amide bonds. The highest BCUT2D eigenvalue weighted by Gasteiger charge is 2.09. The van der Waals surface area contributed by atoms with Gasteiger partial charge < -0.3 is 10.3 Å². The van der Waals surface area contributed by atoms with Gasteiger partial charge in [0.2, 0.25) is 0 Å². The molecule has 4 nitrogen and oxygen atoms in total. The molecule has 0 saturated heterocycles. The van der Waals surface area contributed by atoms with E-state index in [2.05, 4.69) is 15.3 Å². The zero-order valence-corrected chi connectivity index (χ0v) is 12.1. The molecule has 2 aromatic heterocycles. The lowest BCUT2D eigenvalue weighted by Crippen LogP contribution is -2.23. The maximum atomic E-state index is 12.0. The van der Waals surface area contributed by atoms with Crippen molar-refractivity contribution < 1.29 is 4.79 Å². The van der Waals surface area contributed by atoms with Crippen LogP contribution >= 0.6 is 23.6 Å². The van der Waals surface area contributed by atoms with Gasteiger partial charge in [-0.15, -0.1) is 11.3 Å². The van der Waals surface area contributed by atoms with E-state index >= 15 is 0 Å². The number of hydrogen-bond donors (Lipinski definition) is 2. The molecule has 0 aliphatic carbocycles. The molecule has 20 heavy (non-hydrogen) atoms. The quantitative estimate of drug-likeness (QED) is 0.730. The molecule has 0 radical (unpaired) electrons. The van der Waals surface area contributed by atoms with E-state index in [1.165, 1.54) is 0 Å². The molecule has 0 aliphatic rings. The highest BCUT2D eigenvalue weighted by atomic mass is 32.1. The molecule has 0 atom stereocenters. The Morgan fingerprint density at radius 2 is 2.15 bits per heavy atom. The monoisotopic (exact) mass is 301 g/mol. The number of rotatable bonds is 3. The van der Waals surface area contributed by atoms with Gasteiger partial charge in [0.05, 0.1) is 22.3 Å². The largest absolute Gasteiger partial charge is 0.352 e. The number of aromatic amines is 1. The number of aromatic nitrogens is 2. The lowest BCUT2D eigenvalue weighted by molar-refractivity contribution is 0.0950. The molecular weight excluding hydrogens is 290 g/mol. The molecule has 3 aromatic rings. The second-order valence-electron chi connectivity index (χ2n) is 4.17. The molecule has 2 N–H and O–H groups in total. The molecule has 1 aromatic carbocycles. The van der Waals surface area contributed by atoms with Crippen molar-refractivity contribution >= 4 is 39.7 Å². The van der Waals surface area contributed by atoms with Crippen LogP contribution in [0.4, 0.5) is 0 Å². The van der Waals surface area contributed by atoms with Crippen molar-refractivity contribution in [1.82, 2.24) is 15.3 Å². The third-order valence-electron chi connectivity index (χ3n) is 2.80. The number of hydrogen-bond acceptors (Lipinski definition) is 4. The summed E-state index contributed by atoms with van der Waals surface area (Å²) < 4.78 is 1.56. The fraction of sp³-hybridized carbons (Fsp3) is 0.0714. The molecular formula is C14H11N3OS2. The van der Waals surface area contributed by atoms with Crippen LogP contribution in [0.1, 0.15) is 15.4 Å². The van der Waals surface area contributed by atoms with E-state index < -0.39 is 0 Å². The first-order chi connectivity index (χ1) is 9.74. The number of nitrogens with zero attached hydrogens (tertiary/aromatic N) is 1. The third kappa shape index (κ3) is 2.61. The Balaban J connectivity index is 1.75. The van der Waals surface area contributed by atoms with Crippen molar-refractivity contribution in [3.05, 3.63) is 57.8 Å². The highest BCUT2D eigenvalue weighted by molar-refractivity contribution is 7.71. The van der Waals surface area contributed by atoms with Gasteiger partial charge in [-0.3, -0.25) is 4.79 Å². The summed E-state index contributed by atoms with van der Waals surface area (Å²) in [5.41, 5.74) is 1.43. The number of carbonyl (C=O) groups is 1. The Hall–Kier alpha value is -2.05. The number of H-pyrrole nitrogens is 1. The summed E-state index contributed by atoms with van der Waals surface area (Å²) in [7, 11) is 0. The van der Waals surface area contributed by atoms with Crippen molar-refractivity contribution in [3.8, 4) is 0 Å². The van der Waals surface area contributed by atoms with Crippen LogP contribution in [0.25, 0.3) is 10.2 Å². The number of carbonyl (C=O) groups excluding carboxylic acids is 1. The Kier molecular flexibility index (Phi) is 3.58. The van der Waals surface area contributed by atoms with Crippen LogP contribution in [0.3, 0.4) is 0 Å². The summed E-state index contributed by atoms with van der Waals surface area (Å²) in [5.74, 6) is -0.189. The first-order valence-corrected chi connectivity index (χ1v) is 7.27. The SMILES string of the molecule is O=C(NCc1nc2ccccc2s1)c1ccc[nH]c1=S. The van der Waals surface area contributed by atoms with Gasteiger partial charge in [0.15, 0.2) is 0 Å². The van der Waals surface area contributed by atoms with Crippen molar-refractivity contribution in [1.29, 1.82) is 0 Å². The molecule has 0 spiro atoms. The summed E-state index contributed by atoms with van der Waals surface area (Å²) >= 11 is 6.66. The van der Waals surface area contributed by atoms with E-state index in [1.54, 1.807) is 29.7 Å². The summed E-state index contributed by atoms with van der Waals surface area (Å²) in [6.07, 6.45) is 1.70. The number of amides is 1. The Bertz CT molecular complexity index is 789. The molecule has 100 valence electrons. The minimum absolute atomic E-state index is 0.189. The van der Waals surface area contributed by atoms with E-state index in [9.17, 15) is 4.79 Å². The van der Waals surface area contributed by atoms with Crippen molar-refractivity contribution in [2.45, 2.75) is 6.54 Å². The lowest BCUT2D eigenvalue weighted by atomic mass is 10.3. The van der Waals surface area contributed by atoms with Gasteiger partial charge in [-0.2, -0.15) is 0 Å². The topological polar surface area (TPSA) is 57.8 Å².